The molecule has 1 unspecified atom stereocenters. The van der Waals surface area contributed by atoms with Gasteiger partial charge in [0.15, 0.2) is 0 Å². The van der Waals surface area contributed by atoms with E-state index in [1.807, 2.05) is 30.3 Å². The van der Waals surface area contributed by atoms with Crippen molar-refractivity contribution in [3.63, 3.8) is 0 Å². The summed E-state index contributed by atoms with van der Waals surface area (Å²) in [6.07, 6.45) is -0.0872. The number of hydrogen-bond donors (Lipinski definition) is 1. The van der Waals surface area contributed by atoms with Crippen LogP contribution >= 0.6 is 27.3 Å². The van der Waals surface area contributed by atoms with Crippen molar-refractivity contribution in [3.8, 4) is 0 Å². The van der Waals surface area contributed by atoms with Crippen molar-refractivity contribution in [2.75, 3.05) is 0 Å². The third-order valence-electron chi connectivity index (χ3n) is 3.19. The molecule has 0 fully saturated rings. The molecule has 0 saturated heterocycles. The van der Waals surface area contributed by atoms with Crippen molar-refractivity contribution in [1.82, 2.24) is 0 Å². The van der Waals surface area contributed by atoms with Crippen LogP contribution < -0.4 is 0 Å². The molecule has 0 radical (unpaired) electrons. The van der Waals surface area contributed by atoms with Gasteiger partial charge in [0.2, 0.25) is 0 Å². The van der Waals surface area contributed by atoms with Crippen LogP contribution in [0.3, 0.4) is 0 Å². The van der Waals surface area contributed by atoms with Crippen molar-refractivity contribution < 1.29 is 9.50 Å². The first-order chi connectivity index (χ1) is 9.63. The summed E-state index contributed by atoms with van der Waals surface area (Å²) in [4.78, 5) is 0.937. The van der Waals surface area contributed by atoms with Crippen LogP contribution in [0.4, 0.5) is 4.39 Å². The van der Waals surface area contributed by atoms with Crippen molar-refractivity contribution in [2.24, 2.45) is 0 Å². The topological polar surface area (TPSA) is 20.2 Å². The number of halogens is 2. The van der Waals surface area contributed by atoms with E-state index in [-0.39, 0.29) is 5.82 Å². The minimum atomic E-state index is -0.565. The maximum absolute atomic E-state index is 13.2. The molecular weight excluding hydrogens is 339 g/mol. The number of fused-ring (bicyclic) bond motifs is 1. The van der Waals surface area contributed by atoms with E-state index in [9.17, 15) is 9.50 Å². The van der Waals surface area contributed by atoms with Crippen LogP contribution in [0, 0.1) is 5.82 Å². The van der Waals surface area contributed by atoms with Gasteiger partial charge in [0.05, 0.1) is 10.6 Å². The molecule has 1 heterocycles. The van der Waals surface area contributed by atoms with Crippen molar-refractivity contribution in [1.29, 1.82) is 0 Å². The Bertz CT molecular complexity index is 720. The molecule has 3 rings (SSSR count). The minimum Gasteiger partial charge on any atom is -0.387 e. The number of benzene rings is 2. The van der Waals surface area contributed by atoms with E-state index in [2.05, 4.69) is 15.9 Å². The second-order valence-corrected chi connectivity index (χ2v) is 6.62. The summed E-state index contributed by atoms with van der Waals surface area (Å²) in [6, 6.07) is 14.9. The van der Waals surface area contributed by atoms with Crippen LogP contribution in [0.1, 0.15) is 16.5 Å². The van der Waals surface area contributed by atoms with Gasteiger partial charge in [-0.3, -0.25) is 0 Å². The molecule has 0 amide bonds. The zero-order chi connectivity index (χ0) is 14.1. The Hall–Kier alpha value is -1.23. The SMILES string of the molecule is OC(Cc1ccc(F)c(Br)c1)c1cc2ccccc2s1. The molecule has 1 aromatic heterocycles. The predicted molar refractivity (Wildman–Crippen MR) is 84.6 cm³/mol. The molecule has 0 aliphatic heterocycles. The lowest BCUT2D eigenvalue weighted by atomic mass is 10.1. The molecule has 2 aromatic carbocycles. The van der Waals surface area contributed by atoms with Crippen LogP contribution in [0.15, 0.2) is 53.0 Å². The van der Waals surface area contributed by atoms with Gasteiger partial charge in [-0.25, -0.2) is 4.39 Å². The lowest BCUT2D eigenvalue weighted by molar-refractivity contribution is 0.182. The Morgan fingerprint density at radius 3 is 2.70 bits per heavy atom. The molecule has 0 aliphatic rings. The van der Waals surface area contributed by atoms with E-state index < -0.39 is 6.10 Å². The second-order valence-electron chi connectivity index (χ2n) is 4.65. The number of rotatable bonds is 3. The zero-order valence-corrected chi connectivity index (χ0v) is 12.9. The average Bonchev–Trinajstić information content (AvgIpc) is 2.87. The van der Waals surface area contributed by atoms with Crippen molar-refractivity contribution in [3.05, 3.63) is 69.3 Å². The number of thiophene rings is 1. The van der Waals surface area contributed by atoms with Gasteiger partial charge in [-0.05, 0) is 51.1 Å². The molecule has 1 atom stereocenters. The maximum Gasteiger partial charge on any atom is 0.137 e. The van der Waals surface area contributed by atoms with Crippen LogP contribution in [-0.2, 0) is 6.42 Å². The molecule has 0 saturated carbocycles. The summed E-state index contributed by atoms with van der Waals surface area (Å²) in [7, 11) is 0. The first-order valence-corrected chi connectivity index (χ1v) is 7.85. The van der Waals surface area contributed by atoms with E-state index in [4.69, 9.17) is 0 Å². The van der Waals surface area contributed by atoms with Gasteiger partial charge < -0.3 is 5.11 Å². The van der Waals surface area contributed by atoms with E-state index in [0.29, 0.717) is 10.9 Å². The van der Waals surface area contributed by atoms with E-state index in [1.54, 1.807) is 23.5 Å². The summed E-state index contributed by atoms with van der Waals surface area (Å²) in [5.74, 6) is -0.287. The smallest absolute Gasteiger partial charge is 0.137 e. The van der Waals surface area contributed by atoms with Crippen LogP contribution in [0.25, 0.3) is 10.1 Å². The van der Waals surface area contributed by atoms with Gasteiger partial charge in [-0.1, -0.05) is 24.3 Å². The van der Waals surface area contributed by atoms with Gasteiger partial charge in [-0.2, -0.15) is 0 Å². The summed E-state index contributed by atoms with van der Waals surface area (Å²) in [6.45, 7) is 0. The lowest BCUT2D eigenvalue weighted by Crippen LogP contribution is -1.99. The van der Waals surface area contributed by atoms with E-state index in [0.717, 1.165) is 15.8 Å². The summed E-state index contributed by atoms with van der Waals surface area (Å²) >= 11 is 4.76. The van der Waals surface area contributed by atoms with Crippen LogP contribution in [0.2, 0.25) is 0 Å². The Balaban J connectivity index is 1.84. The Morgan fingerprint density at radius 2 is 1.95 bits per heavy atom. The molecule has 1 N–H and O–H groups in total. The Labute approximate surface area is 128 Å². The van der Waals surface area contributed by atoms with Gasteiger partial charge in [0.25, 0.3) is 0 Å². The average molecular weight is 351 g/mol. The van der Waals surface area contributed by atoms with Gasteiger partial charge in [0, 0.05) is 16.0 Å². The third kappa shape index (κ3) is 2.77. The molecule has 0 spiro atoms. The second kappa shape index (κ2) is 5.64. The number of aliphatic hydroxyl groups is 1. The van der Waals surface area contributed by atoms with Gasteiger partial charge >= 0.3 is 0 Å². The number of hydrogen-bond acceptors (Lipinski definition) is 2. The minimum absolute atomic E-state index is 0.287. The molecular formula is C16H12BrFOS. The molecule has 20 heavy (non-hydrogen) atoms. The molecule has 3 aromatic rings. The highest BCUT2D eigenvalue weighted by molar-refractivity contribution is 9.10. The molecule has 0 aliphatic carbocycles. The third-order valence-corrected chi connectivity index (χ3v) is 5.01. The first-order valence-electron chi connectivity index (χ1n) is 6.24. The van der Waals surface area contributed by atoms with Crippen molar-refractivity contribution >= 4 is 37.4 Å². The standard InChI is InChI=1S/C16H12BrFOS/c17-12-7-10(5-6-13(12)18)8-14(19)16-9-11-3-1-2-4-15(11)20-16/h1-7,9,14,19H,8H2. The number of aliphatic hydroxyl groups excluding tert-OH is 1. The Morgan fingerprint density at radius 1 is 1.15 bits per heavy atom. The molecule has 4 heteroatoms. The normalized spacial score (nSPS) is 12.8. The van der Waals surface area contributed by atoms with Gasteiger partial charge in [-0.15, -0.1) is 11.3 Å². The summed E-state index contributed by atoms with van der Waals surface area (Å²) < 4.78 is 14.8. The first kappa shape index (κ1) is 13.7. The quantitative estimate of drug-likeness (QED) is 0.698. The predicted octanol–water partition coefficient (Wildman–Crippen LogP) is 5.08. The van der Waals surface area contributed by atoms with Gasteiger partial charge in [0.1, 0.15) is 5.82 Å². The van der Waals surface area contributed by atoms with Crippen molar-refractivity contribution in [2.45, 2.75) is 12.5 Å². The van der Waals surface area contributed by atoms with Crippen LogP contribution in [-0.4, -0.2) is 5.11 Å². The van der Waals surface area contributed by atoms with E-state index in [1.165, 1.54) is 10.8 Å². The highest BCUT2D eigenvalue weighted by Gasteiger charge is 2.13. The Kier molecular flexibility index (Phi) is 3.87. The zero-order valence-electron chi connectivity index (χ0n) is 10.5. The fraction of sp³-hybridized carbons (Fsp3) is 0.125. The summed E-state index contributed by atoms with van der Waals surface area (Å²) in [5.41, 5.74) is 0.906. The highest BCUT2D eigenvalue weighted by atomic mass is 79.9. The summed E-state index contributed by atoms with van der Waals surface area (Å²) in [5, 5.41) is 11.5. The maximum atomic E-state index is 13.2. The molecule has 102 valence electrons. The fourth-order valence-corrected chi connectivity index (χ4v) is 3.63. The van der Waals surface area contributed by atoms with E-state index >= 15 is 0 Å². The largest absolute Gasteiger partial charge is 0.387 e. The fourth-order valence-electron chi connectivity index (χ4n) is 2.16. The molecule has 1 nitrogen and oxygen atoms in total. The molecule has 0 bridgehead atoms. The lowest BCUT2D eigenvalue weighted by Gasteiger charge is -2.09. The highest BCUT2D eigenvalue weighted by Crippen LogP contribution is 2.31. The monoisotopic (exact) mass is 350 g/mol. The van der Waals surface area contributed by atoms with Crippen LogP contribution in [0.5, 0.6) is 0 Å².